The SMILES string of the molecule is Cc1cc(NC(=S)Nc2ccc([N+](=O)[O-])cc2)nn1Cc1ccccc1Cl. The van der Waals surface area contributed by atoms with Gasteiger partial charge in [0.05, 0.1) is 11.5 Å². The van der Waals surface area contributed by atoms with Gasteiger partial charge >= 0.3 is 0 Å². The summed E-state index contributed by atoms with van der Waals surface area (Å²) in [6.45, 7) is 2.50. The van der Waals surface area contributed by atoms with E-state index in [9.17, 15) is 10.1 Å². The molecule has 138 valence electrons. The molecular formula is C18H16ClN5O2S. The molecule has 0 unspecified atom stereocenters. The summed E-state index contributed by atoms with van der Waals surface area (Å²) in [4.78, 5) is 10.2. The van der Waals surface area contributed by atoms with Gasteiger partial charge in [0.15, 0.2) is 10.9 Å². The minimum absolute atomic E-state index is 0.0216. The maximum Gasteiger partial charge on any atom is 0.269 e. The third-order valence-electron chi connectivity index (χ3n) is 3.84. The number of aromatic nitrogens is 2. The van der Waals surface area contributed by atoms with E-state index in [2.05, 4.69) is 15.7 Å². The number of halogens is 1. The summed E-state index contributed by atoms with van der Waals surface area (Å²) >= 11 is 11.5. The van der Waals surface area contributed by atoms with E-state index in [1.165, 1.54) is 12.1 Å². The van der Waals surface area contributed by atoms with E-state index in [0.717, 1.165) is 11.3 Å². The molecule has 1 aromatic heterocycles. The summed E-state index contributed by atoms with van der Waals surface area (Å²) in [6, 6.07) is 15.5. The molecule has 2 N–H and O–H groups in total. The smallest absolute Gasteiger partial charge is 0.269 e. The molecule has 0 amide bonds. The van der Waals surface area contributed by atoms with Gasteiger partial charge in [-0.3, -0.25) is 14.8 Å². The molecule has 27 heavy (non-hydrogen) atoms. The molecule has 0 saturated heterocycles. The maximum atomic E-state index is 10.7. The summed E-state index contributed by atoms with van der Waals surface area (Å²) in [5, 5.41) is 22.2. The fourth-order valence-corrected chi connectivity index (χ4v) is 2.88. The lowest BCUT2D eigenvalue weighted by molar-refractivity contribution is -0.384. The highest BCUT2D eigenvalue weighted by Gasteiger charge is 2.09. The quantitative estimate of drug-likeness (QED) is 0.369. The lowest BCUT2D eigenvalue weighted by Gasteiger charge is -2.08. The van der Waals surface area contributed by atoms with E-state index in [0.29, 0.717) is 28.2 Å². The Balaban J connectivity index is 1.64. The fourth-order valence-electron chi connectivity index (χ4n) is 2.46. The zero-order valence-corrected chi connectivity index (χ0v) is 15.9. The Morgan fingerprint density at radius 2 is 1.93 bits per heavy atom. The Kier molecular flexibility index (Phi) is 5.68. The van der Waals surface area contributed by atoms with E-state index >= 15 is 0 Å². The molecule has 0 fully saturated rings. The average Bonchev–Trinajstić information content (AvgIpc) is 2.96. The van der Waals surface area contributed by atoms with Crippen molar-refractivity contribution in [2.45, 2.75) is 13.5 Å². The Labute approximate surface area is 166 Å². The first-order chi connectivity index (χ1) is 12.9. The van der Waals surface area contributed by atoms with E-state index in [1.54, 1.807) is 12.1 Å². The van der Waals surface area contributed by atoms with Crippen LogP contribution in [0.2, 0.25) is 5.02 Å². The molecule has 0 radical (unpaired) electrons. The molecule has 0 aliphatic rings. The number of hydrogen-bond acceptors (Lipinski definition) is 4. The Bertz CT molecular complexity index is 988. The van der Waals surface area contributed by atoms with Crippen LogP contribution in [0.4, 0.5) is 17.2 Å². The Morgan fingerprint density at radius 3 is 2.59 bits per heavy atom. The normalized spacial score (nSPS) is 10.4. The Hall–Kier alpha value is -2.97. The summed E-state index contributed by atoms with van der Waals surface area (Å²) in [5.74, 6) is 0.596. The van der Waals surface area contributed by atoms with Gasteiger partial charge < -0.3 is 10.6 Å². The van der Waals surface area contributed by atoms with Gasteiger partial charge in [-0.05, 0) is 42.9 Å². The molecule has 0 aliphatic carbocycles. The second kappa shape index (κ2) is 8.15. The van der Waals surface area contributed by atoms with Gasteiger partial charge in [-0.15, -0.1) is 0 Å². The van der Waals surface area contributed by atoms with E-state index in [4.69, 9.17) is 23.8 Å². The van der Waals surface area contributed by atoms with Crippen molar-refractivity contribution < 1.29 is 4.92 Å². The lowest BCUT2D eigenvalue weighted by Crippen LogP contribution is -2.19. The van der Waals surface area contributed by atoms with Crippen LogP contribution in [0.25, 0.3) is 0 Å². The first kappa shape index (κ1) is 18.8. The minimum Gasteiger partial charge on any atom is -0.332 e. The number of rotatable bonds is 5. The van der Waals surface area contributed by atoms with Crippen LogP contribution < -0.4 is 10.6 Å². The van der Waals surface area contributed by atoms with Gasteiger partial charge in [0.2, 0.25) is 0 Å². The van der Waals surface area contributed by atoms with Crippen molar-refractivity contribution in [2.75, 3.05) is 10.6 Å². The van der Waals surface area contributed by atoms with Crippen molar-refractivity contribution in [3.63, 3.8) is 0 Å². The number of anilines is 2. The van der Waals surface area contributed by atoms with Crippen LogP contribution in [0.3, 0.4) is 0 Å². The number of nitrogens with one attached hydrogen (secondary N) is 2. The number of nitro benzene ring substituents is 1. The van der Waals surface area contributed by atoms with Gasteiger partial charge in [-0.1, -0.05) is 29.8 Å². The van der Waals surface area contributed by atoms with Crippen LogP contribution in [0, 0.1) is 17.0 Å². The predicted octanol–water partition coefficient (Wildman–Crippen LogP) is 4.61. The van der Waals surface area contributed by atoms with Crippen molar-refractivity contribution in [3.8, 4) is 0 Å². The summed E-state index contributed by atoms with van der Waals surface area (Å²) in [7, 11) is 0. The second-order valence-electron chi connectivity index (χ2n) is 5.80. The molecule has 1 heterocycles. The molecule has 0 saturated carbocycles. The van der Waals surface area contributed by atoms with Crippen molar-refractivity contribution >= 4 is 46.1 Å². The predicted molar refractivity (Wildman–Crippen MR) is 110 cm³/mol. The topological polar surface area (TPSA) is 85.0 Å². The zero-order valence-electron chi connectivity index (χ0n) is 14.3. The van der Waals surface area contributed by atoms with Crippen molar-refractivity contribution in [1.82, 2.24) is 9.78 Å². The highest BCUT2D eigenvalue weighted by molar-refractivity contribution is 7.80. The van der Waals surface area contributed by atoms with E-state index in [1.807, 2.05) is 41.9 Å². The highest BCUT2D eigenvalue weighted by Crippen LogP contribution is 2.19. The van der Waals surface area contributed by atoms with Crippen LogP contribution >= 0.6 is 23.8 Å². The number of thiocarbonyl (C=S) groups is 1. The third-order valence-corrected chi connectivity index (χ3v) is 4.41. The molecule has 2 aromatic carbocycles. The molecule has 9 heteroatoms. The minimum atomic E-state index is -0.450. The van der Waals surface area contributed by atoms with Gasteiger partial charge in [0, 0.05) is 34.6 Å². The average molecular weight is 402 g/mol. The number of benzene rings is 2. The van der Waals surface area contributed by atoms with Gasteiger partial charge in [0.1, 0.15) is 0 Å². The van der Waals surface area contributed by atoms with Crippen molar-refractivity contribution in [1.29, 1.82) is 0 Å². The fraction of sp³-hybridized carbons (Fsp3) is 0.111. The van der Waals surface area contributed by atoms with Crippen LogP contribution in [-0.2, 0) is 6.54 Å². The largest absolute Gasteiger partial charge is 0.332 e. The molecule has 0 atom stereocenters. The lowest BCUT2D eigenvalue weighted by atomic mass is 10.2. The summed E-state index contributed by atoms with van der Waals surface area (Å²) < 4.78 is 1.83. The summed E-state index contributed by atoms with van der Waals surface area (Å²) in [6.07, 6.45) is 0. The van der Waals surface area contributed by atoms with Crippen molar-refractivity contribution in [3.05, 3.63) is 81.0 Å². The second-order valence-corrected chi connectivity index (χ2v) is 6.62. The van der Waals surface area contributed by atoms with E-state index in [-0.39, 0.29) is 5.69 Å². The highest BCUT2D eigenvalue weighted by atomic mass is 35.5. The van der Waals surface area contributed by atoms with Crippen LogP contribution in [0.1, 0.15) is 11.3 Å². The molecule has 7 nitrogen and oxygen atoms in total. The molecule has 3 rings (SSSR count). The standard InChI is InChI=1S/C18H16ClN5O2S/c1-12-10-17(22-23(12)11-13-4-2-3-5-16(13)19)21-18(27)20-14-6-8-15(9-7-14)24(25)26/h2-10H,11H2,1H3,(H2,20,21,22,27). The van der Waals surface area contributed by atoms with E-state index < -0.39 is 4.92 Å². The number of nitro groups is 1. The third kappa shape index (κ3) is 4.81. The number of hydrogen-bond donors (Lipinski definition) is 2. The van der Waals surface area contributed by atoms with Crippen LogP contribution in [-0.4, -0.2) is 19.8 Å². The van der Waals surface area contributed by atoms with Gasteiger partial charge in [-0.2, -0.15) is 5.10 Å². The maximum absolute atomic E-state index is 10.7. The van der Waals surface area contributed by atoms with Crippen LogP contribution in [0.15, 0.2) is 54.6 Å². The zero-order chi connectivity index (χ0) is 19.4. The monoisotopic (exact) mass is 401 g/mol. The Morgan fingerprint density at radius 1 is 1.22 bits per heavy atom. The van der Waals surface area contributed by atoms with Gasteiger partial charge in [0.25, 0.3) is 5.69 Å². The molecule has 0 bridgehead atoms. The first-order valence-corrected chi connectivity index (χ1v) is 8.81. The van der Waals surface area contributed by atoms with Crippen molar-refractivity contribution in [2.24, 2.45) is 0 Å². The van der Waals surface area contributed by atoms with Gasteiger partial charge in [-0.25, -0.2) is 0 Å². The van der Waals surface area contributed by atoms with Crippen LogP contribution in [0.5, 0.6) is 0 Å². The first-order valence-electron chi connectivity index (χ1n) is 8.02. The molecule has 0 spiro atoms. The molecule has 3 aromatic rings. The summed E-state index contributed by atoms with van der Waals surface area (Å²) in [5.41, 5.74) is 2.60. The molecular weight excluding hydrogens is 386 g/mol. The molecule has 0 aliphatic heterocycles. The number of nitrogens with zero attached hydrogens (tertiary/aromatic N) is 3. The number of aryl methyl sites for hydroxylation is 1. The number of non-ortho nitro benzene ring substituents is 1.